The summed E-state index contributed by atoms with van der Waals surface area (Å²) in [5, 5.41) is 0. The van der Waals surface area contributed by atoms with Crippen molar-refractivity contribution in [3.8, 4) is 5.75 Å². The molecule has 1 atom stereocenters. The molecule has 0 bridgehead atoms. The number of fused-ring (bicyclic) bond motifs is 1. The molecule has 15 heavy (non-hydrogen) atoms. The molecule has 0 fully saturated rings. The Hall–Kier alpha value is -2.05. The number of hydrogen-bond donors (Lipinski definition) is 2. The standard InChI is InChI=1S/C8H9N3O4/c1-3-7(13)11(2)5-4(15-3)6(12)10-8(14)9-5/h3H,1-2H3,(H2,9,10,12,14). The van der Waals surface area contributed by atoms with Gasteiger partial charge in [0.2, 0.25) is 5.75 Å². The van der Waals surface area contributed by atoms with E-state index in [-0.39, 0.29) is 17.5 Å². The molecule has 1 aromatic rings. The molecule has 0 spiro atoms. The third-order valence-electron chi connectivity index (χ3n) is 2.19. The number of carbonyl (C=O) groups excluding carboxylic acids is 1. The Morgan fingerprint density at radius 1 is 1.27 bits per heavy atom. The SMILES string of the molecule is CC1Oc2c([nH]c(=O)[nH]c2=O)N(C)C1=O. The van der Waals surface area contributed by atoms with Gasteiger partial charge in [0.15, 0.2) is 11.9 Å². The first-order valence-electron chi connectivity index (χ1n) is 4.31. The number of H-pyrrole nitrogens is 2. The first kappa shape index (κ1) is 9.50. The zero-order valence-corrected chi connectivity index (χ0v) is 8.16. The lowest BCUT2D eigenvalue weighted by atomic mass is 10.3. The summed E-state index contributed by atoms with van der Waals surface area (Å²) < 4.78 is 5.10. The Bertz CT molecular complexity index is 529. The highest BCUT2D eigenvalue weighted by Gasteiger charge is 2.31. The van der Waals surface area contributed by atoms with Crippen LogP contribution in [0.4, 0.5) is 5.82 Å². The van der Waals surface area contributed by atoms with Gasteiger partial charge in [-0.25, -0.2) is 4.79 Å². The smallest absolute Gasteiger partial charge is 0.327 e. The predicted octanol–water partition coefficient (Wildman–Crippen LogP) is -1.19. The van der Waals surface area contributed by atoms with Crippen LogP contribution in [0.2, 0.25) is 0 Å². The summed E-state index contributed by atoms with van der Waals surface area (Å²) in [6, 6.07) is 0. The second kappa shape index (κ2) is 2.97. The van der Waals surface area contributed by atoms with Crippen molar-refractivity contribution < 1.29 is 9.53 Å². The number of aromatic amines is 2. The minimum atomic E-state index is -0.727. The van der Waals surface area contributed by atoms with Crippen molar-refractivity contribution in [3.05, 3.63) is 20.8 Å². The Morgan fingerprint density at radius 2 is 1.93 bits per heavy atom. The molecule has 1 unspecified atom stereocenters. The van der Waals surface area contributed by atoms with Gasteiger partial charge in [0, 0.05) is 7.05 Å². The number of aromatic nitrogens is 2. The van der Waals surface area contributed by atoms with Gasteiger partial charge in [0.05, 0.1) is 0 Å². The summed E-state index contributed by atoms with van der Waals surface area (Å²) in [6.07, 6.45) is -0.727. The second-order valence-corrected chi connectivity index (χ2v) is 3.24. The summed E-state index contributed by atoms with van der Waals surface area (Å²) in [5.74, 6) is -0.264. The summed E-state index contributed by atoms with van der Waals surface area (Å²) >= 11 is 0. The van der Waals surface area contributed by atoms with Gasteiger partial charge in [-0.05, 0) is 6.92 Å². The van der Waals surface area contributed by atoms with Crippen molar-refractivity contribution in [1.82, 2.24) is 9.97 Å². The Balaban J connectivity index is 2.70. The highest BCUT2D eigenvalue weighted by molar-refractivity contribution is 5.98. The first-order chi connectivity index (χ1) is 7.00. The average Bonchev–Trinajstić information content (AvgIpc) is 2.17. The summed E-state index contributed by atoms with van der Waals surface area (Å²) in [4.78, 5) is 39.4. The van der Waals surface area contributed by atoms with E-state index in [1.54, 1.807) is 0 Å². The van der Waals surface area contributed by atoms with Crippen molar-refractivity contribution >= 4 is 11.7 Å². The van der Waals surface area contributed by atoms with Crippen molar-refractivity contribution in [2.45, 2.75) is 13.0 Å². The number of nitrogens with zero attached hydrogens (tertiary/aromatic N) is 1. The minimum Gasteiger partial charge on any atom is -0.472 e. The van der Waals surface area contributed by atoms with E-state index >= 15 is 0 Å². The largest absolute Gasteiger partial charge is 0.472 e. The Morgan fingerprint density at radius 3 is 2.60 bits per heavy atom. The monoisotopic (exact) mass is 211 g/mol. The molecule has 7 heteroatoms. The molecule has 0 saturated carbocycles. The van der Waals surface area contributed by atoms with Crippen LogP contribution in [0.5, 0.6) is 5.75 Å². The molecule has 7 nitrogen and oxygen atoms in total. The minimum absolute atomic E-state index is 0.0378. The topological polar surface area (TPSA) is 95.3 Å². The number of ether oxygens (including phenoxy) is 1. The summed E-state index contributed by atoms with van der Waals surface area (Å²) in [6.45, 7) is 1.53. The normalized spacial score (nSPS) is 19.7. The quantitative estimate of drug-likeness (QED) is 0.563. The van der Waals surface area contributed by atoms with Crippen LogP contribution < -0.4 is 20.9 Å². The van der Waals surface area contributed by atoms with Crippen LogP contribution in [0.3, 0.4) is 0 Å². The lowest BCUT2D eigenvalue weighted by Crippen LogP contribution is -2.45. The fourth-order valence-electron chi connectivity index (χ4n) is 1.42. The van der Waals surface area contributed by atoms with E-state index in [2.05, 4.69) is 4.98 Å². The summed E-state index contributed by atoms with van der Waals surface area (Å²) in [5.41, 5.74) is -1.31. The number of amides is 1. The van der Waals surface area contributed by atoms with Crippen molar-refractivity contribution in [2.75, 3.05) is 11.9 Å². The Labute approximate surface area is 83.7 Å². The van der Waals surface area contributed by atoms with Crippen LogP contribution in [-0.2, 0) is 4.79 Å². The van der Waals surface area contributed by atoms with Gasteiger partial charge in [-0.1, -0.05) is 0 Å². The van der Waals surface area contributed by atoms with Crippen LogP contribution >= 0.6 is 0 Å². The van der Waals surface area contributed by atoms with E-state index in [9.17, 15) is 14.4 Å². The van der Waals surface area contributed by atoms with Crippen LogP contribution in [0.25, 0.3) is 0 Å². The molecule has 0 radical (unpaired) electrons. The van der Waals surface area contributed by atoms with Crippen molar-refractivity contribution in [1.29, 1.82) is 0 Å². The highest BCUT2D eigenvalue weighted by atomic mass is 16.5. The number of carbonyl (C=O) groups is 1. The molecule has 2 rings (SSSR count). The van der Waals surface area contributed by atoms with E-state index in [0.717, 1.165) is 0 Å². The molecule has 1 aromatic heterocycles. The van der Waals surface area contributed by atoms with Crippen LogP contribution in [0.15, 0.2) is 9.59 Å². The number of rotatable bonds is 0. The molecule has 1 aliphatic heterocycles. The van der Waals surface area contributed by atoms with Crippen LogP contribution in [0, 0.1) is 0 Å². The van der Waals surface area contributed by atoms with Gasteiger partial charge < -0.3 is 4.74 Å². The van der Waals surface area contributed by atoms with Gasteiger partial charge in [0.25, 0.3) is 11.5 Å². The van der Waals surface area contributed by atoms with E-state index in [1.807, 2.05) is 4.98 Å². The molecule has 0 aromatic carbocycles. The molecular weight excluding hydrogens is 202 g/mol. The maximum absolute atomic E-state index is 11.5. The molecule has 2 heterocycles. The molecule has 1 aliphatic rings. The number of nitrogens with one attached hydrogen (secondary N) is 2. The van der Waals surface area contributed by atoms with Crippen LogP contribution in [-0.4, -0.2) is 29.0 Å². The lowest BCUT2D eigenvalue weighted by molar-refractivity contribution is -0.125. The average molecular weight is 211 g/mol. The number of hydrogen-bond acceptors (Lipinski definition) is 4. The van der Waals surface area contributed by atoms with Crippen molar-refractivity contribution in [2.24, 2.45) is 0 Å². The van der Waals surface area contributed by atoms with Gasteiger partial charge in [-0.15, -0.1) is 0 Å². The third kappa shape index (κ3) is 1.32. The first-order valence-corrected chi connectivity index (χ1v) is 4.31. The molecule has 2 N–H and O–H groups in total. The van der Waals surface area contributed by atoms with Gasteiger partial charge >= 0.3 is 5.69 Å². The molecule has 1 amide bonds. The number of anilines is 1. The Kier molecular flexibility index (Phi) is 1.88. The van der Waals surface area contributed by atoms with Gasteiger partial charge in [0.1, 0.15) is 0 Å². The summed E-state index contributed by atoms with van der Waals surface area (Å²) in [7, 11) is 1.47. The fraction of sp³-hybridized carbons (Fsp3) is 0.375. The molecule has 80 valence electrons. The maximum atomic E-state index is 11.5. The zero-order valence-electron chi connectivity index (χ0n) is 8.16. The van der Waals surface area contributed by atoms with E-state index in [1.165, 1.54) is 18.9 Å². The van der Waals surface area contributed by atoms with Crippen molar-refractivity contribution in [3.63, 3.8) is 0 Å². The number of likely N-dealkylation sites (N-methyl/N-ethyl adjacent to an activating group) is 1. The van der Waals surface area contributed by atoms with Gasteiger partial charge in [-0.2, -0.15) is 0 Å². The molecule has 0 saturated heterocycles. The van der Waals surface area contributed by atoms with E-state index in [0.29, 0.717) is 0 Å². The maximum Gasteiger partial charge on any atom is 0.327 e. The van der Waals surface area contributed by atoms with Gasteiger partial charge in [-0.3, -0.25) is 24.5 Å². The second-order valence-electron chi connectivity index (χ2n) is 3.24. The fourth-order valence-corrected chi connectivity index (χ4v) is 1.42. The zero-order chi connectivity index (χ0) is 11.2. The highest BCUT2D eigenvalue weighted by Crippen LogP contribution is 2.25. The predicted molar refractivity (Wildman–Crippen MR) is 51.2 cm³/mol. The van der Waals surface area contributed by atoms with E-state index in [4.69, 9.17) is 4.74 Å². The molecule has 0 aliphatic carbocycles. The van der Waals surface area contributed by atoms with Crippen LogP contribution in [0.1, 0.15) is 6.92 Å². The lowest BCUT2D eigenvalue weighted by Gasteiger charge is -2.28. The van der Waals surface area contributed by atoms with E-state index < -0.39 is 17.4 Å². The molecular formula is C8H9N3O4. The third-order valence-corrected chi connectivity index (χ3v) is 2.19.